The van der Waals surface area contributed by atoms with E-state index >= 15 is 0 Å². The minimum atomic E-state index is -0.802. The Morgan fingerprint density at radius 1 is 1.29 bits per heavy atom. The molecular formula is C25H34N4O5S. The van der Waals surface area contributed by atoms with Gasteiger partial charge in [0.15, 0.2) is 0 Å². The molecule has 0 bridgehead atoms. The number of carbonyl (C=O) groups excluding carboxylic acids is 3. The number of likely N-dealkylation sites (N-methyl/N-ethyl adjacent to an activating group) is 1. The number of benzene rings is 1. The summed E-state index contributed by atoms with van der Waals surface area (Å²) in [6.07, 6.45) is -0.647. The molecule has 0 spiro atoms. The van der Waals surface area contributed by atoms with Crippen LogP contribution in [-0.2, 0) is 25.7 Å². The van der Waals surface area contributed by atoms with Crippen molar-refractivity contribution in [1.82, 2.24) is 20.1 Å². The Bertz CT molecular complexity index is 1040. The third-order valence-corrected chi connectivity index (χ3v) is 7.23. The molecule has 190 valence electrons. The van der Waals surface area contributed by atoms with E-state index in [1.807, 2.05) is 50.5 Å². The lowest BCUT2D eigenvalue weighted by atomic mass is 10.0. The van der Waals surface area contributed by atoms with Gasteiger partial charge < -0.3 is 25.0 Å². The number of aliphatic hydroxyl groups is 1. The first-order valence-electron chi connectivity index (χ1n) is 11.6. The number of hydrogen-bond acceptors (Lipinski definition) is 7. The molecule has 3 rings (SSSR count). The van der Waals surface area contributed by atoms with E-state index in [1.165, 1.54) is 16.9 Å². The predicted molar refractivity (Wildman–Crippen MR) is 134 cm³/mol. The number of nitrogens with zero attached hydrogens (tertiary/aromatic N) is 3. The standard InChI is InChI=1S/C25H34N4O5S/c1-15(2)22(28(4)21(31)13-34-5)25(33)29-12-19(30)10-20(29)24(32)26-11-17-6-8-18(9-7-17)23-16(3)27-14-35-23/h6-9,14-15,19-20,22,30H,10-13H2,1-5H3,(H,26,32)/t19-,20+,22+/m1/s1. The normalized spacial score (nSPS) is 18.5. The maximum Gasteiger partial charge on any atom is 0.248 e. The van der Waals surface area contributed by atoms with Crippen LogP contribution < -0.4 is 5.32 Å². The number of hydrogen-bond donors (Lipinski definition) is 2. The topological polar surface area (TPSA) is 112 Å². The van der Waals surface area contributed by atoms with E-state index in [0.717, 1.165) is 21.7 Å². The molecule has 0 radical (unpaired) electrons. The molecule has 1 fully saturated rings. The van der Waals surface area contributed by atoms with E-state index in [1.54, 1.807) is 18.4 Å². The summed E-state index contributed by atoms with van der Waals surface area (Å²) in [6, 6.07) is 6.33. The van der Waals surface area contributed by atoms with Crippen molar-refractivity contribution < 1.29 is 24.2 Å². The first kappa shape index (κ1) is 26.8. The monoisotopic (exact) mass is 502 g/mol. The molecule has 0 aliphatic carbocycles. The van der Waals surface area contributed by atoms with E-state index in [9.17, 15) is 19.5 Å². The Balaban J connectivity index is 1.67. The zero-order chi connectivity index (χ0) is 25.7. The van der Waals surface area contributed by atoms with Crippen molar-refractivity contribution >= 4 is 29.1 Å². The first-order valence-corrected chi connectivity index (χ1v) is 12.5. The van der Waals surface area contributed by atoms with Crippen molar-refractivity contribution in [1.29, 1.82) is 0 Å². The van der Waals surface area contributed by atoms with Gasteiger partial charge in [0.25, 0.3) is 0 Å². The van der Waals surface area contributed by atoms with Crippen LogP contribution in [0, 0.1) is 12.8 Å². The lowest BCUT2D eigenvalue weighted by Crippen LogP contribution is -2.56. The molecule has 1 saturated heterocycles. The molecule has 2 N–H and O–H groups in total. The van der Waals surface area contributed by atoms with Crippen molar-refractivity contribution in [2.24, 2.45) is 5.92 Å². The van der Waals surface area contributed by atoms with Crippen LogP contribution in [-0.4, -0.2) is 83.1 Å². The average molecular weight is 503 g/mol. The van der Waals surface area contributed by atoms with E-state index in [4.69, 9.17) is 4.74 Å². The van der Waals surface area contributed by atoms with E-state index in [-0.39, 0.29) is 43.2 Å². The van der Waals surface area contributed by atoms with E-state index < -0.39 is 18.2 Å². The molecule has 35 heavy (non-hydrogen) atoms. The van der Waals surface area contributed by atoms with Crippen molar-refractivity contribution in [3.05, 3.63) is 41.0 Å². The van der Waals surface area contributed by atoms with Gasteiger partial charge in [-0.1, -0.05) is 38.1 Å². The molecular weight excluding hydrogens is 468 g/mol. The minimum Gasteiger partial charge on any atom is -0.391 e. The van der Waals surface area contributed by atoms with Gasteiger partial charge in [-0.15, -0.1) is 11.3 Å². The largest absolute Gasteiger partial charge is 0.391 e. The Morgan fingerprint density at radius 3 is 2.54 bits per heavy atom. The maximum absolute atomic E-state index is 13.4. The van der Waals surface area contributed by atoms with Crippen molar-refractivity contribution in [3.8, 4) is 10.4 Å². The molecule has 10 heteroatoms. The summed E-state index contributed by atoms with van der Waals surface area (Å²) in [7, 11) is 2.98. The molecule has 0 saturated carbocycles. The summed E-state index contributed by atoms with van der Waals surface area (Å²) in [5.74, 6) is -1.19. The smallest absolute Gasteiger partial charge is 0.248 e. The van der Waals surface area contributed by atoms with Gasteiger partial charge in [0.1, 0.15) is 18.7 Å². The molecule has 1 aromatic heterocycles. The average Bonchev–Trinajstić information content (AvgIpc) is 3.43. The number of rotatable bonds is 9. The summed E-state index contributed by atoms with van der Waals surface area (Å²) in [5, 5.41) is 13.2. The van der Waals surface area contributed by atoms with E-state index in [0.29, 0.717) is 6.54 Å². The number of aromatic nitrogens is 1. The van der Waals surface area contributed by atoms with Gasteiger partial charge in [-0.05, 0) is 24.0 Å². The first-order chi connectivity index (χ1) is 16.6. The molecule has 3 atom stereocenters. The van der Waals surface area contributed by atoms with Crippen LogP contribution in [0.5, 0.6) is 0 Å². The van der Waals surface area contributed by atoms with Gasteiger partial charge in [-0.2, -0.15) is 0 Å². The highest BCUT2D eigenvalue weighted by molar-refractivity contribution is 7.13. The molecule has 2 aromatic rings. The van der Waals surface area contributed by atoms with Crippen molar-refractivity contribution in [2.75, 3.05) is 27.3 Å². The minimum absolute atomic E-state index is 0.0509. The number of likely N-dealkylation sites (tertiary alicyclic amines) is 1. The summed E-state index contributed by atoms with van der Waals surface area (Å²) in [6.45, 7) is 5.87. The molecule has 3 amide bonds. The second-order valence-corrected chi connectivity index (χ2v) is 10.1. The maximum atomic E-state index is 13.4. The molecule has 9 nitrogen and oxygen atoms in total. The summed E-state index contributed by atoms with van der Waals surface area (Å²) >= 11 is 1.58. The summed E-state index contributed by atoms with van der Waals surface area (Å²) < 4.78 is 4.92. The number of methoxy groups -OCH3 is 1. The number of β-amino-alcohol motifs (C(OH)–C–C–N with tert-alkyl or cyclic N) is 1. The van der Waals surface area contributed by atoms with Crippen LogP contribution in [0.2, 0.25) is 0 Å². The van der Waals surface area contributed by atoms with Gasteiger partial charge in [0.05, 0.1) is 22.2 Å². The Kier molecular flexibility index (Phi) is 8.98. The third kappa shape index (κ3) is 6.25. The Morgan fingerprint density at radius 2 is 1.97 bits per heavy atom. The fourth-order valence-corrected chi connectivity index (χ4v) is 5.23. The van der Waals surface area contributed by atoms with Crippen LogP contribution in [0.4, 0.5) is 0 Å². The number of thiazole rings is 1. The molecule has 0 unspecified atom stereocenters. The van der Waals surface area contributed by atoms with Crippen LogP contribution in [0.3, 0.4) is 0 Å². The SMILES string of the molecule is COCC(=O)N(C)[C@H](C(=O)N1C[C@H](O)C[C@H]1C(=O)NCc1ccc(-c2scnc2C)cc1)C(C)C. The fourth-order valence-electron chi connectivity index (χ4n) is 4.41. The number of amides is 3. The molecule has 1 aliphatic rings. The molecule has 1 aromatic carbocycles. The summed E-state index contributed by atoms with van der Waals surface area (Å²) in [4.78, 5) is 47.0. The lowest BCUT2D eigenvalue weighted by molar-refractivity contribution is -0.150. The predicted octanol–water partition coefficient (Wildman–Crippen LogP) is 1.83. The number of aliphatic hydroxyl groups excluding tert-OH is 1. The zero-order valence-corrected chi connectivity index (χ0v) is 21.7. The van der Waals surface area contributed by atoms with Crippen LogP contribution >= 0.6 is 11.3 Å². The second kappa shape index (κ2) is 11.7. The van der Waals surface area contributed by atoms with Crippen LogP contribution in [0.1, 0.15) is 31.5 Å². The van der Waals surface area contributed by atoms with Gasteiger partial charge in [-0.25, -0.2) is 4.98 Å². The Hall–Kier alpha value is -2.82. The highest BCUT2D eigenvalue weighted by Crippen LogP contribution is 2.27. The van der Waals surface area contributed by atoms with E-state index in [2.05, 4.69) is 10.3 Å². The number of ether oxygens (including phenoxy) is 1. The highest BCUT2D eigenvalue weighted by Gasteiger charge is 2.43. The zero-order valence-electron chi connectivity index (χ0n) is 20.9. The van der Waals surface area contributed by atoms with Gasteiger partial charge in [0.2, 0.25) is 17.7 Å². The van der Waals surface area contributed by atoms with Gasteiger partial charge >= 0.3 is 0 Å². The van der Waals surface area contributed by atoms with Crippen LogP contribution in [0.25, 0.3) is 10.4 Å². The van der Waals surface area contributed by atoms with Crippen molar-refractivity contribution in [3.63, 3.8) is 0 Å². The number of carbonyl (C=O) groups is 3. The molecule has 2 heterocycles. The third-order valence-electron chi connectivity index (χ3n) is 6.26. The quantitative estimate of drug-likeness (QED) is 0.541. The second-order valence-electron chi connectivity index (χ2n) is 9.20. The Labute approximate surface area is 210 Å². The highest BCUT2D eigenvalue weighted by atomic mass is 32.1. The molecule has 1 aliphatic heterocycles. The summed E-state index contributed by atoms with van der Waals surface area (Å²) in [5.41, 5.74) is 4.79. The lowest BCUT2D eigenvalue weighted by Gasteiger charge is -2.35. The van der Waals surface area contributed by atoms with Gasteiger partial charge in [0, 0.05) is 33.7 Å². The van der Waals surface area contributed by atoms with Crippen LogP contribution in [0.15, 0.2) is 29.8 Å². The van der Waals surface area contributed by atoms with Crippen molar-refractivity contribution in [2.45, 2.75) is 51.9 Å². The number of aryl methyl sites for hydroxylation is 1. The van der Waals surface area contributed by atoms with Gasteiger partial charge in [-0.3, -0.25) is 14.4 Å². The fraction of sp³-hybridized carbons (Fsp3) is 0.520. The number of nitrogens with one attached hydrogen (secondary N) is 1.